The highest BCUT2D eigenvalue weighted by atomic mass is 32.1. The lowest BCUT2D eigenvalue weighted by atomic mass is 10.1. The number of nitrogens with zero attached hydrogens (tertiary/aromatic N) is 1. The molecule has 2 nitrogen and oxygen atoms in total. The molecule has 3 heteroatoms. The highest BCUT2D eigenvalue weighted by Crippen LogP contribution is 2.28. The van der Waals surface area contributed by atoms with Gasteiger partial charge in [-0.2, -0.15) is 0 Å². The molecule has 0 radical (unpaired) electrons. The van der Waals surface area contributed by atoms with Crippen molar-refractivity contribution in [2.45, 2.75) is 32.4 Å². The molecule has 1 N–H and O–H groups in total. The Morgan fingerprint density at radius 2 is 2.53 bits per heavy atom. The Morgan fingerprint density at radius 1 is 1.67 bits per heavy atom. The molecule has 84 valence electrons. The van der Waals surface area contributed by atoms with Crippen LogP contribution < -0.4 is 5.32 Å². The Balaban J connectivity index is 2.06. The molecule has 1 fully saturated rings. The van der Waals surface area contributed by atoms with Gasteiger partial charge in [-0.15, -0.1) is 11.3 Å². The van der Waals surface area contributed by atoms with Crippen molar-refractivity contribution in [1.29, 1.82) is 0 Å². The van der Waals surface area contributed by atoms with Gasteiger partial charge in [-0.1, -0.05) is 13.0 Å². The third kappa shape index (κ3) is 2.60. The van der Waals surface area contributed by atoms with Gasteiger partial charge in [0.2, 0.25) is 0 Å². The molecule has 0 amide bonds. The molecule has 0 aromatic carbocycles. The average Bonchev–Trinajstić information content (AvgIpc) is 2.72. The van der Waals surface area contributed by atoms with Crippen molar-refractivity contribution in [2.75, 3.05) is 19.6 Å². The Hall–Kier alpha value is -0.380. The van der Waals surface area contributed by atoms with Crippen LogP contribution in [0, 0.1) is 0 Å². The number of hydrogen-bond donors (Lipinski definition) is 1. The van der Waals surface area contributed by atoms with Gasteiger partial charge < -0.3 is 5.32 Å². The Kier molecular flexibility index (Phi) is 3.78. The van der Waals surface area contributed by atoms with Gasteiger partial charge in [0.05, 0.1) is 0 Å². The van der Waals surface area contributed by atoms with E-state index in [1.807, 2.05) is 11.3 Å². The molecular weight excluding hydrogens is 204 g/mol. The van der Waals surface area contributed by atoms with E-state index in [0.29, 0.717) is 12.1 Å². The first kappa shape index (κ1) is 11.1. The second-order valence-electron chi connectivity index (χ2n) is 4.29. The van der Waals surface area contributed by atoms with Crippen molar-refractivity contribution < 1.29 is 0 Å². The summed E-state index contributed by atoms with van der Waals surface area (Å²) in [5, 5.41) is 5.68. The molecule has 2 atom stereocenters. The molecule has 1 aromatic rings. The van der Waals surface area contributed by atoms with Crippen molar-refractivity contribution in [1.82, 2.24) is 10.2 Å². The zero-order valence-electron chi connectivity index (χ0n) is 9.57. The third-order valence-corrected chi connectivity index (χ3v) is 4.07. The van der Waals surface area contributed by atoms with Crippen LogP contribution in [-0.2, 0) is 0 Å². The van der Waals surface area contributed by atoms with E-state index in [9.17, 15) is 0 Å². The predicted molar refractivity (Wildman–Crippen MR) is 66.4 cm³/mol. The van der Waals surface area contributed by atoms with Crippen LogP contribution >= 0.6 is 11.3 Å². The lowest BCUT2D eigenvalue weighted by Crippen LogP contribution is -2.50. The van der Waals surface area contributed by atoms with E-state index < -0.39 is 0 Å². The van der Waals surface area contributed by atoms with Gasteiger partial charge in [0.1, 0.15) is 0 Å². The second-order valence-corrected chi connectivity index (χ2v) is 5.27. The fraction of sp³-hybridized carbons (Fsp3) is 0.667. The van der Waals surface area contributed by atoms with E-state index in [0.717, 1.165) is 6.54 Å². The minimum Gasteiger partial charge on any atom is -0.312 e. The van der Waals surface area contributed by atoms with Gasteiger partial charge in [0.25, 0.3) is 0 Å². The van der Waals surface area contributed by atoms with Crippen molar-refractivity contribution in [3.8, 4) is 0 Å². The van der Waals surface area contributed by atoms with E-state index in [-0.39, 0.29) is 0 Å². The fourth-order valence-electron chi connectivity index (χ4n) is 2.37. The summed E-state index contributed by atoms with van der Waals surface area (Å²) < 4.78 is 0. The van der Waals surface area contributed by atoms with Gasteiger partial charge in [-0.05, 0) is 24.8 Å². The molecule has 0 aliphatic carbocycles. The van der Waals surface area contributed by atoms with Crippen molar-refractivity contribution in [3.05, 3.63) is 22.4 Å². The van der Waals surface area contributed by atoms with Crippen LogP contribution in [0.25, 0.3) is 0 Å². The molecule has 0 bridgehead atoms. The van der Waals surface area contributed by atoms with Crippen molar-refractivity contribution >= 4 is 11.3 Å². The van der Waals surface area contributed by atoms with E-state index in [1.165, 1.54) is 24.4 Å². The molecule has 2 heterocycles. The summed E-state index contributed by atoms with van der Waals surface area (Å²) in [7, 11) is 0. The summed E-state index contributed by atoms with van der Waals surface area (Å²) in [6.07, 6.45) is 1.22. The standard InChI is InChI=1S/C12H20N2S/c1-3-11(12-5-4-8-15-12)14-7-6-13-10(2)9-14/h4-5,8,10-11,13H,3,6-7,9H2,1-2H3. The summed E-state index contributed by atoms with van der Waals surface area (Å²) in [4.78, 5) is 4.14. The van der Waals surface area contributed by atoms with Gasteiger partial charge in [0, 0.05) is 36.6 Å². The molecule has 1 aliphatic rings. The van der Waals surface area contributed by atoms with Crippen LogP contribution in [0.1, 0.15) is 31.2 Å². The first-order chi connectivity index (χ1) is 7.31. The zero-order valence-corrected chi connectivity index (χ0v) is 10.4. The minimum atomic E-state index is 0.632. The molecule has 2 unspecified atom stereocenters. The number of rotatable bonds is 3. The molecule has 15 heavy (non-hydrogen) atoms. The molecule has 0 saturated carbocycles. The Labute approximate surface area is 96.3 Å². The van der Waals surface area contributed by atoms with Crippen LogP contribution in [-0.4, -0.2) is 30.6 Å². The van der Waals surface area contributed by atoms with Crippen LogP contribution in [0.15, 0.2) is 17.5 Å². The minimum absolute atomic E-state index is 0.632. The highest BCUT2D eigenvalue weighted by molar-refractivity contribution is 7.10. The van der Waals surface area contributed by atoms with Crippen LogP contribution in [0.3, 0.4) is 0 Å². The van der Waals surface area contributed by atoms with E-state index in [2.05, 4.69) is 41.6 Å². The monoisotopic (exact) mass is 224 g/mol. The molecule has 2 rings (SSSR count). The van der Waals surface area contributed by atoms with Gasteiger partial charge in [0.15, 0.2) is 0 Å². The summed E-state index contributed by atoms with van der Waals surface area (Å²) in [6, 6.07) is 5.70. The summed E-state index contributed by atoms with van der Waals surface area (Å²) >= 11 is 1.89. The number of thiophene rings is 1. The molecular formula is C12H20N2S. The molecule has 0 spiro atoms. The van der Waals surface area contributed by atoms with Crippen molar-refractivity contribution in [2.24, 2.45) is 0 Å². The normalized spacial score (nSPS) is 25.3. The molecule has 1 saturated heterocycles. The lowest BCUT2D eigenvalue weighted by molar-refractivity contribution is 0.147. The second kappa shape index (κ2) is 5.10. The molecule has 1 aromatic heterocycles. The fourth-order valence-corrected chi connectivity index (χ4v) is 3.31. The van der Waals surface area contributed by atoms with Gasteiger partial charge in [-0.3, -0.25) is 4.90 Å². The highest BCUT2D eigenvalue weighted by Gasteiger charge is 2.23. The third-order valence-electron chi connectivity index (χ3n) is 3.10. The summed E-state index contributed by atoms with van der Waals surface area (Å²) in [5.41, 5.74) is 0. The van der Waals surface area contributed by atoms with Crippen LogP contribution in [0.5, 0.6) is 0 Å². The Bertz CT molecular complexity index is 284. The largest absolute Gasteiger partial charge is 0.312 e. The SMILES string of the molecule is CCC(c1cccs1)N1CCNC(C)C1. The first-order valence-electron chi connectivity index (χ1n) is 5.82. The summed E-state index contributed by atoms with van der Waals surface area (Å²) in [6.45, 7) is 8.05. The van der Waals surface area contributed by atoms with Crippen LogP contribution in [0.2, 0.25) is 0 Å². The Morgan fingerprint density at radius 3 is 3.13 bits per heavy atom. The summed E-state index contributed by atoms with van der Waals surface area (Å²) in [5.74, 6) is 0. The van der Waals surface area contributed by atoms with Crippen molar-refractivity contribution in [3.63, 3.8) is 0 Å². The zero-order chi connectivity index (χ0) is 10.7. The maximum absolute atomic E-state index is 3.50. The van der Waals surface area contributed by atoms with E-state index in [4.69, 9.17) is 0 Å². The average molecular weight is 224 g/mol. The number of nitrogens with one attached hydrogen (secondary N) is 1. The maximum atomic E-state index is 3.50. The van der Waals surface area contributed by atoms with E-state index >= 15 is 0 Å². The topological polar surface area (TPSA) is 15.3 Å². The maximum Gasteiger partial charge on any atom is 0.0440 e. The van der Waals surface area contributed by atoms with Gasteiger partial charge >= 0.3 is 0 Å². The smallest absolute Gasteiger partial charge is 0.0440 e. The quantitative estimate of drug-likeness (QED) is 0.848. The lowest BCUT2D eigenvalue weighted by Gasteiger charge is -2.37. The number of hydrogen-bond acceptors (Lipinski definition) is 3. The number of piperazine rings is 1. The van der Waals surface area contributed by atoms with Crippen LogP contribution in [0.4, 0.5) is 0 Å². The molecule has 1 aliphatic heterocycles. The van der Waals surface area contributed by atoms with E-state index in [1.54, 1.807) is 0 Å². The predicted octanol–water partition coefficient (Wildman–Crippen LogP) is 2.49. The van der Waals surface area contributed by atoms with Gasteiger partial charge in [-0.25, -0.2) is 0 Å². The first-order valence-corrected chi connectivity index (χ1v) is 6.70.